The predicted molar refractivity (Wildman–Crippen MR) is 71.0 cm³/mol. The van der Waals surface area contributed by atoms with Gasteiger partial charge in [0.05, 0.1) is 0 Å². The maximum Gasteiger partial charge on any atom is 0.270 e. The number of halogens is 1. The molecule has 96 valence electrons. The molecule has 0 aliphatic rings. The Bertz CT molecular complexity index is 649. The van der Waals surface area contributed by atoms with Gasteiger partial charge in [0, 0.05) is 22.8 Å². The van der Waals surface area contributed by atoms with E-state index in [0.29, 0.717) is 11.6 Å². The zero-order valence-corrected chi connectivity index (χ0v) is 11.0. The second kappa shape index (κ2) is 5.14. The molecule has 0 bridgehead atoms. The van der Waals surface area contributed by atoms with Gasteiger partial charge in [-0.2, -0.15) is 8.42 Å². The highest BCUT2D eigenvalue weighted by atomic mass is 35.5. The standard InChI is InChI=1S/C12H12ClNO3S/c13-7-9-3-1-2-4-11(9)12-6-5-10(14-12)8-18(15,16)17/h1-6,14H,7-8H2,(H,15,16,17). The Balaban J connectivity index is 2.35. The molecule has 0 radical (unpaired) electrons. The molecule has 2 rings (SSSR count). The average molecular weight is 286 g/mol. The Morgan fingerprint density at radius 1 is 1.17 bits per heavy atom. The number of alkyl halides is 1. The summed E-state index contributed by atoms with van der Waals surface area (Å²) >= 11 is 5.85. The van der Waals surface area contributed by atoms with Gasteiger partial charge in [-0.15, -0.1) is 11.6 Å². The molecular formula is C12H12ClNO3S. The van der Waals surface area contributed by atoms with Crippen molar-refractivity contribution in [3.05, 3.63) is 47.7 Å². The number of H-pyrrole nitrogens is 1. The van der Waals surface area contributed by atoms with Crippen molar-refractivity contribution in [1.82, 2.24) is 4.98 Å². The van der Waals surface area contributed by atoms with E-state index in [9.17, 15) is 8.42 Å². The first-order valence-corrected chi connectivity index (χ1v) is 7.41. The van der Waals surface area contributed by atoms with Gasteiger partial charge in [-0.25, -0.2) is 0 Å². The van der Waals surface area contributed by atoms with Gasteiger partial charge in [-0.1, -0.05) is 24.3 Å². The Hall–Kier alpha value is -1.30. The number of hydrogen-bond acceptors (Lipinski definition) is 2. The number of aromatic nitrogens is 1. The Morgan fingerprint density at radius 2 is 1.89 bits per heavy atom. The number of aromatic amines is 1. The van der Waals surface area contributed by atoms with Crippen LogP contribution < -0.4 is 0 Å². The van der Waals surface area contributed by atoms with E-state index < -0.39 is 15.9 Å². The molecule has 2 aromatic rings. The van der Waals surface area contributed by atoms with E-state index >= 15 is 0 Å². The van der Waals surface area contributed by atoms with Crippen LogP contribution in [0.2, 0.25) is 0 Å². The van der Waals surface area contributed by atoms with E-state index in [1.54, 1.807) is 12.1 Å². The van der Waals surface area contributed by atoms with Crippen molar-refractivity contribution in [2.45, 2.75) is 11.6 Å². The van der Waals surface area contributed by atoms with E-state index in [-0.39, 0.29) is 0 Å². The molecule has 2 N–H and O–H groups in total. The van der Waals surface area contributed by atoms with Crippen molar-refractivity contribution in [2.75, 3.05) is 0 Å². The van der Waals surface area contributed by atoms with Crippen molar-refractivity contribution >= 4 is 21.7 Å². The predicted octanol–water partition coefficient (Wildman–Crippen LogP) is 2.81. The lowest BCUT2D eigenvalue weighted by Gasteiger charge is -2.04. The average Bonchev–Trinajstić information content (AvgIpc) is 2.75. The minimum Gasteiger partial charge on any atom is -0.357 e. The minimum atomic E-state index is -4.02. The molecular weight excluding hydrogens is 274 g/mol. The summed E-state index contributed by atoms with van der Waals surface area (Å²) in [4.78, 5) is 2.96. The molecule has 0 atom stereocenters. The van der Waals surface area contributed by atoms with Crippen LogP contribution >= 0.6 is 11.6 Å². The molecule has 0 aliphatic heterocycles. The highest BCUT2D eigenvalue weighted by Crippen LogP contribution is 2.24. The third-order valence-electron chi connectivity index (χ3n) is 2.54. The van der Waals surface area contributed by atoms with Crippen LogP contribution in [0.1, 0.15) is 11.3 Å². The first-order chi connectivity index (χ1) is 8.49. The van der Waals surface area contributed by atoms with Crippen molar-refractivity contribution < 1.29 is 13.0 Å². The highest BCUT2D eigenvalue weighted by molar-refractivity contribution is 7.85. The topological polar surface area (TPSA) is 70.2 Å². The summed E-state index contributed by atoms with van der Waals surface area (Å²) in [6.45, 7) is 0. The van der Waals surface area contributed by atoms with Crippen LogP contribution in [0.5, 0.6) is 0 Å². The Morgan fingerprint density at radius 3 is 2.56 bits per heavy atom. The molecule has 4 nitrogen and oxygen atoms in total. The summed E-state index contributed by atoms with van der Waals surface area (Å²) in [5.74, 6) is -0.0428. The van der Waals surface area contributed by atoms with E-state index in [2.05, 4.69) is 4.98 Å². The molecule has 0 spiro atoms. The third-order valence-corrected chi connectivity index (χ3v) is 3.50. The maximum absolute atomic E-state index is 10.8. The highest BCUT2D eigenvalue weighted by Gasteiger charge is 2.10. The van der Waals surface area contributed by atoms with E-state index in [4.69, 9.17) is 16.2 Å². The van der Waals surface area contributed by atoms with Crippen LogP contribution in [-0.2, 0) is 21.8 Å². The van der Waals surface area contributed by atoms with Gasteiger partial charge >= 0.3 is 0 Å². The van der Waals surface area contributed by atoms with Crippen LogP contribution in [0.4, 0.5) is 0 Å². The summed E-state index contributed by atoms with van der Waals surface area (Å²) < 4.78 is 30.4. The molecule has 1 aromatic carbocycles. The van der Waals surface area contributed by atoms with Crippen molar-refractivity contribution in [3.63, 3.8) is 0 Å². The van der Waals surface area contributed by atoms with Gasteiger partial charge in [0.2, 0.25) is 0 Å². The van der Waals surface area contributed by atoms with Crippen molar-refractivity contribution in [2.24, 2.45) is 0 Å². The summed E-state index contributed by atoms with van der Waals surface area (Å²) in [7, 11) is -4.02. The smallest absolute Gasteiger partial charge is 0.270 e. The summed E-state index contributed by atoms with van der Waals surface area (Å²) in [5, 5.41) is 0. The second-order valence-corrected chi connectivity index (χ2v) is 5.63. The SMILES string of the molecule is O=S(=O)(O)Cc1ccc(-c2ccccc2CCl)[nH]1. The third kappa shape index (κ3) is 3.13. The van der Waals surface area contributed by atoms with Gasteiger partial charge in [0.1, 0.15) is 5.75 Å². The molecule has 0 unspecified atom stereocenters. The number of rotatable bonds is 4. The van der Waals surface area contributed by atoms with E-state index in [1.165, 1.54) is 0 Å². The molecule has 1 aromatic heterocycles. The van der Waals surface area contributed by atoms with Gasteiger partial charge in [-0.3, -0.25) is 4.55 Å². The minimum absolute atomic E-state index is 0.378. The number of nitrogens with one attached hydrogen (secondary N) is 1. The van der Waals surface area contributed by atoms with Gasteiger partial charge in [0.15, 0.2) is 0 Å². The van der Waals surface area contributed by atoms with Crippen LogP contribution in [0.25, 0.3) is 11.3 Å². The van der Waals surface area contributed by atoms with E-state index in [1.807, 2.05) is 24.3 Å². The maximum atomic E-state index is 10.8. The second-order valence-electron chi connectivity index (χ2n) is 3.91. The molecule has 6 heteroatoms. The Kier molecular flexibility index (Phi) is 3.75. The lowest BCUT2D eigenvalue weighted by molar-refractivity contribution is 0.481. The molecule has 0 fully saturated rings. The molecule has 0 amide bonds. The lowest BCUT2D eigenvalue weighted by atomic mass is 10.1. The molecule has 18 heavy (non-hydrogen) atoms. The fourth-order valence-electron chi connectivity index (χ4n) is 1.78. The van der Waals surface area contributed by atoms with Gasteiger partial charge in [0.25, 0.3) is 10.1 Å². The van der Waals surface area contributed by atoms with Crippen molar-refractivity contribution in [3.8, 4) is 11.3 Å². The number of hydrogen-bond donors (Lipinski definition) is 2. The zero-order chi connectivity index (χ0) is 13.2. The Labute approximate surface area is 110 Å². The first kappa shape index (κ1) is 13.1. The van der Waals surface area contributed by atoms with Crippen LogP contribution in [0.3, 0.4) is 0 Å². The summed E-state index contributed by atoms with van der Waals surface area (Å²) in [6.07, 6.45) is 0. The van der Waals surface area contributed by atoms with E-state index in [0.717, 1.165) is 16.8 Å². The summed E-state index contributed by atoms with van der Waals surface area (Å²) in [5.41, 5.74) is 3.11. The number of benzene rings is 1. The first-order valence-electron chi connectivity index (χ1n) is 5.27. The molecule has 0 saturated carbocycles. The van der Waals surface area contributed by atoms with Gasteiger partial charge in [-0.05, 0) is 17.7 Å². The quantitative estimate of drug-likeness (QED) is 0.670. The monoisotopic (exact) mass is 285 g/mol. The summed E-state index contributed by atoms with van der Waals surface area (Å²) in [6, 6.07) is 11.0. The fraction of sp³-hybridized carbons (Fsp3) is 0.167. The fourth-order valence-corrected chi connectivity index (χ4v) is 2.57. The normalized spacial score (nSPS) is 11.7. The molecule has 0 saturated heterocycles. The van der Waals surface area contributed by atoms with Crippen molar-refractivity contribution in [1.29, 1.82) is 0 Å². The molecule has 0 aliphatic carbocycles. The van der Waals surface area contributed by atoms with Crippen LogP contribution in [0, 0.1) is 0 Å². The van der Waals surface area contributed by atoms with Crippen LogP contribution in [0.15, 0.2) is 36.4 Å². The lowest BCUT2D eigenvalue weighted by Crippen LogP contribution is -2.01. The zero-order valence-electron chi connectivity index (χ0n) is 9.43. The largest absolute Gasteiger partial charge is 0.357 e. The van der Waals surface area contributed by atoms with Gasteiger partial charge < -0.3 is 4.98 Å². The molecule has 1 heterocycles. The van der Waals surface area contributed by atoms with Crippen LogP contribution in [-0.4, -0.2) is 18.0 Å².